The topological polar surface area (TPSA) is 21.3 Å². The van der Waals surface area contributed by atoms with Crippen LogP contribution in [0.1, 0.15) is 31.7 Å². The SMILES string of the molecule is Cc1ccc(OC(C)CC2CCCNC2)cc1. The van der Waals surface area contributed by atoms with Gasteiger partial charge in [0.2, 0.25) is 0 Å². The smallest absolute Gasteiger partial charge is 0.119 e. The van der Waals surface area contributed by atoms with Gasteiger partial charge in [-0.1, -0.05) is 17.7 Å². The summed E-state index contributed by atoms with van der Waals surface area (Å²) in [5, 5.41) is 3.46. The van der Waals surface area contributed by atoms with Gasteiger partial charge in [0.25, 0.3) is 0 Å². The van der Waals surface area contributed by atoms with Gasteiger partial charge in [0.1, 0.15) is 5.75 Å². The van der Waals surface area contributed by atoms with Crippen LogP contribution in [0, 0.1) is 12.8 Å². The molecular weight excluding hydrogens is 210 g/mol. The van der Waals surface area contributed by atoms with Gasteiger partial charge in [-0.3, -0.25) is 0 Å². The fraction of sp³-hybridized carbons (Fsp3) is 0.600. The van der Waals surface area contributed by atoms with Crippen molar-refractivity contribution in [3.8, 4) is 5.75 Å². The molecule has 1 heterocycles. The van der Waals surface area contributed by atoms with Crippen molar-refractivity contribution >= 4 is 0 Å². The van der Waals surface area contributed by atoms with E-state index in [4.69, 9.17) is 4.74 Å². The number of hydrogen-bond acceptors (Lipinski definition) is 2. The molecule has 0 bridgehead atoms. The van der Waals surface area contributed by atoms with Crippen molar-refractivity contribution in [2.45, 2.75) is 39.2 Å². The molecule has 0 saturated carbocycles. The lowest BCUT2D eigenvalue weighted by Gasteiger charge is -2.25. The monoisotopic (exact) mass is 233 g/mol. The van der Waals surface area contributed by atoms with E-state index in [1.54, 1.807) is 0 Å². The Bertz CT molecular complexity index is 327. The Hall–Kier alpha value is -1.02. The van der Waals surface area contributed by atoms with E-state index in [9.17, 15) is 0 Å². The number of ether oxygens (including phenoxy) is 1. The van der Waals surface area contributed by atoms with Crippen molar-refractivity contribution in [2.75, 3.05) is 13.1 Å². The molecule has 1 fully saturated rings. The zero-order chi connectivity index (χ0) is 12.1. The van der Waals surface area contributed by atoms with E-state index in [0.29, 0.717) is 6.10 Å². The third-order valence-electron chi connectivity index (χ3n) is 3.42. The highest BCUT2D eigenvalue weighted by Gasteiger charge is 2.16. The number of aryl methyl sites for hydroxylation is 1. The predicted molar refractivity (Wildman–Crippen MR) is 71.5 cm³/mol. The Morgan fingerprint density at radius 1 is 1.35 bits per heavy atom. The molecule has 2 heteroatoms. The van der Waals surface area contributed by atoms with E-state index in [2.05, 4.69) is 43.4 Å². The van der Waals surface area contributed by atoms with Crippen LogP contribution in [0.3, 0.4) is 0 Å². The average Bonchev–Trinajstić information content (AvgIpc) is 2.33. The van der Waals surface area contributed by atoms with Crippen LogP contribution in [-0.2, 0) is 0 Å². The molecule has 17 heavy (non-hydrogen) atoms. The van der Waals surface area contributed by atoms with E-state index in [-0.39, 0.29) is 0 Å². The summed E-state index contributed by atoms with van der Waals surface area (Å²) in [5.41, 5.74) is 1.28. The molecule has 2 atom stereocenters. The minimum Gasteiger partial charge on any atom is -0.491 e. The summed E-state index contributed by atoms with van der Waals surface area (Å²) in [6.07, 6.45) is 4.11. The number of rotatable bonds is 4. The standard InChI is InChI=1S/C15H23NO/c1-12-5-7-15(8-6-12)17-13(2)10-14-4-3-9-16-11-14/h5-8,13-14,16H,3-4,9-11H2,1-2H3. The van der Waals surface area contributed by atoms with Crippen molar-refractivity contribution in [1.29, 1.82) is 0 Å². The van der Waals surface area contributed by atoms with Crippen molar-refractivity contribution in [3.63, 3.8) is 0 Å². The maximum Gasteiger partial charge on any atom is 0.119 e. The van der Waals surface area contributed by atoms with Crippen molar-refractivity contribution in [2.24, 2.45) is 5.92 Å². The second-order valence-corrected chi connectivity index (χ2v) is 5.19. The summed E-state index contributed by atoms with van der Waals surface area (Å²) in [6.45, 7) is 6.61. The molecule has 1 aliphatic rings. The summed E-state index contributed by atoms with van der Waals surface area (Å²) in [4.78, 5) is 0. The summed E-state index contributed by atoms with van der Waals surface area (Å²) in [6, 6.07) is 8.32. The first-order chi connectivity index (χ1) is 8.24. The van der Waals surface area contributed by atoms with E-state index in [1.165, 1.54) is 24.9 Å². The Morgan fingerprint density at radius 3 is 2.76 bits per heavy atom. The van der Waals surface area contributed by atoms with Crippen LogP contribution in [0.5, 0.6) is 5.75 Å². The van der Waals surface area contributed by atoms with Crippen molar-refractivity contribution < 1.29 is 4.74 Å². The molecule has 1 N–H and O–H groups in total. The molecule has 2 rings (SSSR count). The van der Waals surface area contributed by atoms with E-state index in [0.717, 1.165) is 24.6 Å². The molecule has 0 spiro atoms. The highest BCUT2D eigenvalue weighted by atomic mass is 16.5. The maximum absolute atomic E-state index is 5.94. The average molecular weight is 233 g/mol. The summed E-state index contributed by atoms with van der Waals surface area (Å²) in [7, 11) is 0. The Morgan fingerprint density at radius 2 is 2.12 bits per heavy atom. The van der Waals surface area contributed by atoms with Gasteiger partial charge in [-0.25, -0.2) is 0 Å². The number of piperidine rings is 1. The van der Waals surface area contributed by atoms with E-state index in [1.807, 2.05) is 0 Å². The number of benzene rings is 1. The minimum atomic E-state index is 0.308. The molecular formula is C15H23NO. The molecule has 0 aromatic heterocycles. The molecule has 1 aromatic carbocycles. The molecule has 2 nitrogen and oxygen atoms in total. The van der Waals surface area contributed by atoms with Gasteiger partial charge in [0.05, 0.1) is 6.10 Å². The van der Waals surface area contributed by atoms with Gasteiger partial charge < -0.3 is 10.1 Å². The van der Waals surface area contributed by atoms with Crippen LogP contribution >= 0.6 is 0 Å². The second kappa shape index (κ2) is 6.06. The van der Waals surface area contributed by atoms with Crippen LogP contribution in [0.25, 0.3) is 0 Å². The lowest BCUT2D eigenvalue weighted by atomic mass is 9.94. The predicted octanol–water partition coefficient (Wildman–Crippen LogP) is 3.15. The summed E-state index contributed by atoms with van der Waals surface area (Å²) in [5.74, 6) is 1.77. The molecule has 0 amide bonds. The number of nitrogens with one attached hydrogen (secondary N) is 1. The Balaban J connectivity index is 1.79. The highest BCUT2D eigenvalue weighted by Crippen LogP contribution is 2.20. The zero-order valence-electron chi connectivity index (χ0n) is 10.9. The summed E-state index contributed by atoms with van der Waals surface area (Å²) >= 11 is 0. The zero-order valence-corrected chi connectivity index (χ0v) is 10.9. The van der Waals surface area contributed by atoms with Crippen LogP contribution in [0.4, 0.5) is 0 Å². The lowest BCUT2D eigenvalue weighted by molar-refractivity contribution is 0.173. The first-order valence-electron chi connectivity index (χ1n) is 6.68. The normalized spacial score (nSPS) is 22.1. The maximum atomic E-state index is 5.94. The second-order valence-electron chi connectivity index (χ2n) is 5.19. The third-order valence-corrected chi connectivity index (χ3v) is 3.42. The van der Waals surface area contributed by atoms with E-state index < -0.39 is 0 Å². The molecule has 2 unspecified atom stereocenters. The van der Waals surface area contributed by atoms with Gasteiger partial charge in [-0.2, -0.15) is 0 Å². The quantitative estimate of drug-likeness (QED) is 0.862. The minimum absolute atomic E-state index is 0.308. The summed E-state index contributed by atoms with van der Waals surface area (Å²) < 4.78 is 5.94. The van der Waals surface area contributed by atoms with Crippen molar-refractivity contribution in [3.05, 3.63) is 29.8 Å². The van der Waals surface area contributed by atoms with Crippen molar-refractivity contribution in [1.82, 2.24) is 5.32 Å². The van der Waals surface area contributed by atoms with Gasteiger partial charge in [0, 0.05) is 0 Å². The molecule has 1 aromatic rings. The van der Waals surface area contributed by atoms with Gasteiger partial charge >= 0.3 is 0 Å². The van der Waals surface area contributed by atoms with Crippen LogP contribution in [-0.4, -0.2) is 19.2 Å². The van der Waals surface area contributed by atoms with E-state index >= 15 is 0 Å². The fourth-order valence-electron chi connectivity index (χ4n) is 2.49. The van der Waals surface area contributed by atoms with Crippen LogP contribution < -0.4 is 10.1 Å². The first kappa shape index (κ1) is 12.4. The third kappa shape index (κ3) is 4.04. The first-order valence-corrected chi connectivity index (χ1v) is 6.68. The van der Waals surface area contributed by atoms with Gasteiger partial charge in [-0.15, -0.1) is 0 Å². The Kier molecular flexibility index (Phi) is 4.43. The van der Waals surface area contributed by atoms with Crippen LogP contribution in [0.2, 0.25) is 0 Å². The fourth-order valence-corrected chi connectivity index (χ4v) is 2.49. The molecule has 1 aliphatic heterocycles. The molecule has 0 aliphatic carbocycles. The van der Waals surface area contributed by atoms with Gasteiger partial charge in [-0.05, 0) is 64.3 Å². The number of hydrogen-bond donors (Lipinski definition) is 1. The largest absolute Gasteiger partial charge is 0.491 e. The van der Waals surface area contributed by atoms with Gasteiger partial charge in [0.15, 0.2) is 0 Å². The highest BCUT2D eigenvalue weighted by molar-refractivity contribution is 5.26. The lowest BCUT2D eigenvalue weighted by Crippen LogP contribution is -2.32. The Labute approximate surface area is 104 Å². The van der Waals surface area contributed by atoms with Crippen LogP contribution in [0.15, 0.2) is 24.3 Å². The molecule has 0 radical (unpaired) electrons. The molecule has 1 saturated heterocycles. The molecule has 94 valence electrons.